The molecule has 0 aliphatic heterocycles. The van der Waals surface area contributed by atoms with Gasteiger partial charge in [-0.05, 0) is 18.2 Å². The van der Waals surface area contributed by atoms with Crippen LogP contribution in [0.5, 0.6) is 0 Å². The zero-order valence-electron chi connectivity index (χ0n) is 12.2. The van der Waals surface area contributed by atoms with E-state index < -0.39 is 23.9 Å². The van der Waals surface area contributed by atoms with Gasteiger partial charge in [-0.15, -0.1) is 0 Å². The van der Waals surface area contributed by atoms with Gasteiger partial charge in [-0.1, -0.05) is 17.8 Å². The number of carbonyl (C=O) groups is 1. The molecular formula is C14H13F3N4O2S. The van der Waals surface area contributed by atoms with Crippen LogP contribution in [0.25, 0.3) is 0 Å². The van der Waals surface area contributed by atoms with Gasteiger partial charge in [-0.2, -0.15) is 13.2 Å². The van der Waals surface area contributed by atoms with E-state index in [1.807, 2.05) is 0 Å². The van der Waals surface area contributed by atoms with Crippen LogP contribution in [0.2, 0.25) is 0 Å². The van der Waals surface area contributed by atoms with Crippen molar-refractivity contribution in [1.29, 1.82) is 0 Å². The number of aromatic nitrogens is 3. The Hall–Kier alpha value is -2.20. The monoisotopic (exact) mass is 358 g/mol. The number of nitrogens with zero attached hydrogens (tertiary/aromatic N) is 3. The number of thioether (sulfide) groups is 1. The Kier molecular flexibility index (Phi) is 5.73. The van der Waals surface area contributed by atoms with Gasteiger partial charge in [0.2, 0.25) is 0 Å². The highest BCUT2D eigenvalue weighted by Gasteiger charge is 2.32. The first-order chi connectivity index (χ1) is 11.3. The third-order valence-electron chi connectivity index (χ3n) is 2.88. The van der Waals surface area contributed by atoms with Crippen LogP contribution in [0.4, 0.5) is 13.2 Å². The summed E-state index contributed by atoms with van der Waals surface area (Å²) in [4.78, 5) is 22.2. The number of rotatable bonds is 6. The predicted octanol–water partition coefficient (Wildman–Crippen LogP) is 2.14. The van der Waals surface area contributed by atoms with Gasteiger partial charge in [0.05, 0.1) is 5.69 Å². The van der Waals surface area contributed by atoms with E-state index in [-0.39, 0.29) is 17.3 Å². The molecule has 2 rings (SSSR count). The summed E-state index contributed by atoms with van der Waals surface area (Å²) in [7, 11) is 0. The van der Waals surface area contributed by atoms with Gasteiger partial charge in [0, 0.05) is 24.1 Å². The van der Waals surface area contributed by atoms with E-state index in [2.05, 4.69) is 15.0 Å². The smallest absolute Gasteiger partial charge is 0.433 e. The van der Waals surface area contributed by atoms with Crippen molar-refractivity contribution in [2.45, 2.75) is 29.5 Å². The van der Waals surface area contributed by atoms with E-state index in [1.54, 1.807) is 18.2 Å². The molecule has 10 heteroatoms. The number of halogens is 3. The van der Waals surface area contributed by atoms with Crippen LogP contribution in [0, 0.1) is 0 Å². The van der Waals surface area contributed by atoms with E-state index >= 15 is 0 Å². The molecule has 0 spiro atoms. The van der Waals surface area contributed by atoms with Crippen molar-refractivity contribution in [3.05, 3.63) is 47.5 Å². The lowest BCUT2D eigenvalue weighted by Crippen LogP contribution is -2.32. The average molecular weight is 358 g/mol. The second kappa shape index (κ2) is 7.58. The molecule has 2 aromatic rings. The number of hydrogen-bond donors (Lipinski definition) is 2. The van der Waals surface area contributed by atoms with Gasteiger partial charge in [-0.3, -0.25) is 9.78 Å². The lowest BCUT2D eigenvalue weighted by Gasteiger charge is -2.08. The Balaban J connectivity index is 2.03. The van der Waals surface area contributed by atoms with Crippen LogP contribution < -0.4 is 5.73 Å². The number of pyridine rings is 1. The summed E-state index contributed by atoms with van der Waals surface area (Å²) in [6.45, 7) is 0. The molecule has 0 aromatic carbocycles. The van der Waals surface area contributed by atoms with Crippen LogP contribution >= 0.6 is 11.8 Å². The number of carboxylic acid groups (broad SMARTS) is 1. The Labute approximate surface area is 139 Å². The first-order valence-electron chi connectivity index (χ1n) is 6.72. The summed E-state index contributed by atoms with van der Waals surface area (Å²) in [5.41, 5.74) is 5.50. The molecule has 24 heavy (non-hydrogen) atoms. The van der Waals surface area contributed by atoms with E-state index in [0.717, 1.165) is 24.0 Å². The molecule has 2 heterocycles. The van der Waals surface area contributed by atoms with Crippen molar-refractivity contribution in [3.63, 3.8) is 0 Å². The van der Waals surface area contributed by atoms with Crippen LogP contribution in [0.1, 0.15) is 17.1 Å². The zero-order chi connectivity index (χ0) is 17.7. The fourth-order valence-electron chi connectivity index (χ4n) is 1.74. The topological polar surface area (TPSA) is 102 Å². The molecule has 1 unspecified atom stereocenters. The predicted molar refractivity (Wildman–Crippen MR) is 80.1 cm³/mol. The summed E-state index contributed by atoms with van der Waals surface area (Å²) in [6, 6.07) is 4.73. The molecule has 0 bridgehead atoms. The first kappa shape index (κ1) is 18.1. The molecule has 2 aromatic heterocycles. The fraction of sp³-hybridized carbons (Fsp3) is 0.286. The minimum Gasteiger partial charge on any atom is -0.480 e. The molecule has 0 aliphatic rings. The first-order valence-corrected chi connectivity index (χ1v) is 7.70. The number of aliphatic carboxylic acids is 1. The van der Waals surface area contributed by atoms with E-state index in [4.69, 9.17) is 10.8 Å². The number of carboxylic acids is 1. The van der Waals surface area contributed by atoms with Gasteiger partial charge >= 0.3 is 12.1 Å². The Bertz CT molecular complexity index is 727. The second-order valence-electron chi connectivity index (χ2n) is 4.78. The molecule has 3 N–H and O–H groups in total. The SMILES string of the molecule is NC(Cc1cccc(CSc2nccc(C(F)(F)F)n2)n1)C(=O)O. The standard InChI is InChI=1S/C14H13F3N4O2S/c15-14(16,17)11-4-5-19-13(21-11)24-7-9-3-1-2-8(20-9)6-10(18)12(22)23/h1-5,10H,6-7,18H2,(H,22,23). The third-order valence-corrected chi connectivity index (χ3v) is 3.78. The van der Waals surface area contributed by atoms with Gasteiger partial charge < -0.3 is 10.8 Å². The van der Waals surface area contributed by atoms with Crippen LogP contribution in [0.3, 0.4) is 0 Å². The quantitative estimate of drug-likeness (QED) is 0.602. The highest BCUT2D eigenvalue weighted by molar-refractivity contribution is 7.98. The number of alkyl halides is 3. The summed E-state index contributed by atoms with van der Waals surface area (Å²) >= 11 is 1.01. The molecule has 0 fully saturated rings. The van der Waals surface area contributed by atoms with Crippen LogP contribution in [-0.4, -0.2) is 32.1 Å². The summed E-state index contributed by atoms with van der Waals surface area (Å²) in [5, 5.41) is 8.78. The molecule has 0 aliphatic carbocycles. The average Bonchev–Trinajstić information content (AvgIpc) is 2.52. The van der Waals surface area contributed by atoms with Crippen LogP contribution in [0.15, 0.2) is 35.6 Å². The van der Waals surface area contributed by atoms with Gasteiger partial charge in [0.1, 0.15) is 11.7 Å². The maximum absolute atomic E-state index is 12.6. The summed E-state index contributed by atoms with van der Waals surface area (Å²) < 4.78 is 37.8. The normalized spacial score (nSPS) is 12.8. The largest absolute Gasteiger partial charge is 0.480 e. The summed E-state index contributed by atoms with van der Waals surface area (Å²) in [5.74, 6) is -0.883. The van der Waals surface area contributed by atoms with Crippen molar-refractivity contribution < 1.29 is 23.1 Å². The van der Waals surface area contributed by atoms with Crippen molar-refractivity contribution in [2.75, 3.05) is 0 Å². The molecule has 0 saturated heterocycles. The Morgan fingerprint density at radius 1 is 1.25 bits per heavy atom. The van der Waals surface area contributed by atoms with Gasteiger partial charge in [0.25, 0.3) is 0 Å². The minimum absolute atomic E-state index is 0.0146. The second-order valence-corrected chi connectivity index (χ2v) is 5.72. The van der Waals surface area contributed by atoms with Crippen molar-refractivity contribution >= 4 is 17.7 Å². The zero-order valence-corrected chi connectivity index (χ0v) is 13.0. The molecule has 6 nitrogen and oxygen atoms in total. The molecule has 0 radical (unpaired) electrons. The molecule has 0 saturated carbocycles. The molecule has 1 atom stereocenters. The molecule has 128 valence electrons. The number of nitrogens with two attached hydrogens (primary N) is 1. The lowest BCUT2D eigenvalue weighted by atomic mass is 10.1. The minimum atomic E-state index is -4.52. The van der Waals surface area contributed by atoms with Crippen molar-refractivity contribution in [1.82, 2.24) is 15.0 Å². The fourth-order valence-corrected chi connectivity index (χ4v) is 2.48. The molecular weight excluding hydrogens is 345 g/mol. The summed E-state index contributed by atoms with van der Waals surface area (Å²) in [6.07, 6.45) is -3.41. The van der Waals surface area contributed by atoms with Crippen molar-refractivity contribution in [3.8, 4) is 0 Å². The highest BCUT2D eigenvalue weighted by atomic mass is 32.2. The van der Waals surface area contributed by atoms with E-state index in [1.165, 1.54) is 0 Å². The van der Waals surface area contributed by atoms with Crippen molar-refractivity contribution in [2.24, 2.45) is 5.73 Å². The van der Waals surface area contributed by atoms with Gasteiger partial charge in [-0.25, -0.2) is 9.97 Å². The number of hydrogen-bond acceptors (Lipinski definition) is 6. The maximum atomic E-state index is 12.6. The van der Waals surface area contributed by atoms with E-state index in [9.17, 15) is 18.0 Å². The lowest BCUT2D eigenvalue weighted by molar-refractivity contribution is -0.141. The van der Waals surface area contributed by atoms with Crippen LogP contribution in [-0.2, 0) is 23.1 Å². The third kappa shape index (κ3) is 5.17. The Morgan fingerprint density at radius 2 is 1.96 bits per heavy atom. The maximum Gasteiger partial charge on any atom is 0.433 e. The Morgan fingerprint density at radius 3 is 2.62 bits per heavy atom. The molecule has 0 amide bonds. The highest BCUT2D eigenvalue weighted by Crippen LogP contribution is 2.28. The van der Waals surface area contributed by atoms with E-state index in [0.29, 0.717) is 11.4 Å². The van der Waals surface area contributed by atoms with Gasteiger partial charge in [0.15, 0.2) is 5.16 Å².